The Morgan fingerprint density at radius 1 is 1.06 bits per heavy atom. The zero-order valence-corrected chi connectivity index (χ0v) is 9.39. The Bertz CT molecular complexity index is 374. The molecule has 0 aromatic heterocycles. The number of carboxylic acids is 2. The Labute approximate surface area is 98.2 Å². The van der Waals surface area contributed by atoms with Gasteiger partial charge in [-0.25, -0.2) is 0 Å². The van der Waals surface area contributed by atoms with Gasteiger partial charge in [-0.15, -0.1) is 0 Å². The van der Waals surface area contributed by atoms with Gasteiger partial charge in [0.1, 0.15) is 0 Å². The summed E-state index contributed by atoms with van der Waals surface area (Å²) < 4.78 is 0. The van der Waals surface area contributed by atoms with E-state index in [1.807, 2.05) is 0 Å². The van der Waals surface area contributed by atoms with Crippen LogP contribution in [0.4, 0.5) is 0 Å². The highest BCUT2D eigenvalue weighted by atomic mass is 16.4. The van der Waals surface area contributed by atoms with E-state index in [2.05, 4.69) is 0 Å². The maximum atomic E-state index is 12.1. The number of piperidine rings is 1. The molecule has 94 valence electrons. The quantitative estimate of drug-likeness (QED) is 0.687. The van der Waals surface area contributed by atoms with Gasteiger partial charge in [0.05, 0.1) is 5.92 Å². The van der Waals surface area contributed by atoms with E-state index in [0.717, 1.165) is 19.3 Å². The van der Waals surface area contributed by atoms with Crippen LogP contribution in [0.3, 0.4) is 0 Å². The second-order valence-corrected chi connectivity index (χ2v) is 4.72. The Kier molecular flexibility index (Phi) is 2.81. The number of amides is 1. The van der Waals surface area contributed by atoms with Gasteiger partial charge >= 0.3 is 11.9 Å². The van der Waals surface area contributed by atoms with Crippen molar-refractivity contribution in [3.63, 3.8) is 0 Å². The first kappa shape index (κ1) is 11.9. The van der Waals surface area contributed by atoms with Gasteiger partial charge in [0.2, 0.25) is 5.91 Å². The molecule has 2 atom stereocenters. The molecule has 1 aliphatic carbocycles. The predicted molar refractivity (Wildman–Crippen MR) is 56.2 cm³/mol. The van der Waals surface area contributed by atoms with Crippen molar-refractivity contribution >= 4 is 17.8 Å². The van der Waals surface area contributed by atoms with Gasteiger partial charge in [0.15, 0.2) is 5.41 Å². The molecule has 2 rings (SSSR count). The van der Waals surface area contributed by atoms with Gasteiger partial charge in [0.25, 0.3) is 0 Å². The van der Waals surface area contributed by atoms with Gasteiger partial charge in [-0.1, -0.05) is 0 Å². The van der Waals surface area contributed by atoms with Crippen LogP contribution in [0.25, 0.3) is 0 Å². The van der Waals surface area contributed by atoms with Crippen LogP contribution in [-0.2, 0) is 14.4 Å². The van der Waals surface area contributed by atoms with Gasteiger partial charge in [-0.3, -0.25) is 14.4 Å². The number of carbonyl (C=O) groups excluding carboxylic acids is 1. The summed E-state index contributed by atoms with van der Waals surface area (Å²) in [6.07, 6.45) is 2.68. The fourth-order valence-corrected chi connectivity index (χ4v) is 2.50. The van der Waals surface area contributed by atoms with Crippen molar-refractivity contribution in [2.24, 2.45) is 11.3 Å². The van der Waals surface area contributed by atoms with Crippen molar-refractivity contribution in [2.75, 3.05) is 13.1 Å². The van der Waals surface area contributed by atoms with Crippen LogP contribution in [0.2, 0.25) is 0 Å². The Balaban J connectivity index is 2.15. The molecule has 1 heterocycles. The zero-order valence-electron chi connectivity index (χ0n) is 9.39. The minimum absolute atomic E-state index is 0.0764. The van der Waals surface area contributed by atoms with Gasteiger partial charge in [-0.2, -0.15) is 0 Å². The van der Waals surface area contributed by atoms with Crippen LogP contribution >= 0.6 is 0 Å². The van der Waals surface area contributed by atoms with E-state index in [9.17, 15) is 14.4 Å². The first-order valence-corrected chi connectivity index (χ1v) is 5.75. The molecule has 0 aromatic carbocycles. The van der Waals surface area contributed by atoms with E-state index in [1.54, 1.807) is 0 Å². The second-order valence-electron chi connectivity index (χ2n) is 4.72. The van der Waals surface area contributed by atoms with E-state index >= 15 is 0 Å². The summed E-state index contributed by atoms with van der Waals surface area (Å²) in [6.45, 7) is 1.08. The first-order valence-electron chi connectivity index (χ1n) is 5.75. The van der Waals surface area contributed by atoms with Crippen LogP contribution in [0.15, 0.2) is 0 Å². The zero-order chi connectivity index (χ0) is 12.6. The molecule has 6 nitrogen and oxygen atoms in total. The van der Waals surface area contributed by atoms with Crippen molar-refractivity contribution in [1.82, 2.24) is 4.90 Å². The van der Waals surface area contributed by atoms with Crippen LogP contribution in [-0.4, -0.2) is 46.0 Å². The van der Waals surface area contributed by atoms with E-state index in [1.165, 1.54) is 4.90 Å². The SMILES string of the molecule is O=C(O)C1CC1(C(=O)O)C(=O)N1CCCCC1. The van der Waals surface area contributed by atoms with Crippen molar-refractivity contribution in [3.8, 4) is 0 Å². The number of rotatable bonds is 3. The minimum atomic E-state index is -1.69. The monoisotopic (exact) mass is 241 g/mol. The predicted octanol–water partition coefficient (Wildman–Crippen LogP) is 0.174. The molecule has 2 N–H and O–H groups in total. The van der Waals surface area contributed by atoms with Crippen LogP contribution in [0.1, 0.15) is 25.7 Å². The topological polar surface area (TPSA) is 94.9 Å². The van der Waals surface area contributed by atoms with Crippen molar-refractivity contribution in [1.29, 1.82) is 0 Å². The normalized spacial score (nSPS) is 32.0. The highest BCUT2D eigenvalue weighted by Gasteiger charge is 2.70. The van der Waals surface area contributed by atoms with Gasteiger partial charge < -0.3 is 15.1 Å². The van der Waals surface area contributed by atoms with E-state index in [0.29, 0.717) is 13.1 Å². The van der Waals surface area contributed by atoms with Crippen molar-refractivity contribution in [3.05, 3.63) is 0 Å². The second kappa shape index (κ2) is 4.01. The lowest BCUT2D eigenvalue weighted by atomic mass is 10.00. The van der Waals surface area contributed by atoms with Crippen LogP contribution in [0, 0.1) is 11.3 Å². The molecule has 1 amide bonds. The van der Waals surface area contributed by atoms with E-state index < -0.39 is 29.2 Å². The third-order valence-electron chi connectivity index (χ3n) is 3.67. The molecule has 0 spiro atoms. The Morgan fingerprint density at radius 3 is 2.06 bits per heavy atom. The summed E-state index contributed by atoms with van der Waals surface area (Å²) in [5.74, 6) is -4.08. The molecule has 2 unspecified atom stereocenters. The molecule has 1 aliphatic heterocycles. The molecule has 2 aliphatic rings. The summed E-state index contributed by atoms with van der Waals surface area (Å²) in [7, 11) is 0. The lowest BCUT2D eigenvalue weighted by Gasteiger charge is -2.29. The third kappa shape index (κ3) is 1.77. The smallest absolute Gasteiger partial charge is 0.320 e. The average Bonchev–Trinajstić information content (AvgIpc) is 3.06. The first-order chi connectivity index (χ1) is 8.00. The number of hydrogen-bond acceptors (Lipinski definition) is 3. The van der Waals surface area contributed by atoms with Crippen LogP contribution in [0.5, 0.6) is 0 Å². The Morgan fingerprint density at radius 2 is 1.65 bits per heavy atom. The molecule has 0 aromatic rings. The maximum absolute atomic E-state index is 12.1. The summed E-state index contributed by atoms with van der Waals surface area (Å²) in [4.78, 5) is 35.6. The molecule has 17 heavy (non-hydrogen) atoms. The highest BCUT2D eigenvalue weighted by molar-refractivity contribution is 6.10. The molecular formula is C11H15NO5. The average molecular weight is 241 g/mol. The highest BCUT2D eigenvalue weighted by Crippen LogP contribution is 2.54. The third-order valence-corrected chi connectivity index (χ3v) is 3.67. The van der Waals surface area contributed by atoms with Crippen LogP contribution < -0.4 is 0 Å². The number of hydrogen-bond donors (Lipinski definition) is 2. The molecule has 6 heteroatoms. The van der Waals surface area contributed by atoms with E-state index in [4.69, 9.17) is 10.2 Å². The number of carboxylic acid groups (broad SMARTS) is 2. The van der Waals surface area contributed by atoms with Crippen molar-refractivity contribution < 1.29 is 24.6 Å². The summed E-state index contributed by atoms with van der Waals surface area (Å²) >= 11 is 0. The number of aliphatic carboxylic acids is 2. The molecule has 1 saturated heterocycles. The largest absolute Gasteiger partial charge is 0.481 e. The Hall–Kier alpha value is -1.59. The van der Waals surface area contributed by atoms with E-state index in [-0.39, 0.29) is 6.42 Å². The maximum Gasteiger partial charge on any atom is 0.320 e. The van der Waals surface area contributed by atoms with Gasteiger partial charge in [-0.05, 0) is 25.7 Å². The molecule has 2 fully saturated rings. The standard InChI is InChI=1S/C11H15NO5/c13-8(14)7-6-11(7,10(16)17)9(15)12-4-2-1-3-5-12/h7H,1-6H2,(H,13,14)(H,16,17). The summed E-state index contributed by atoms with van der Waals surface area (Å²) in [5.41, 5.74) is -1.69. The molecule has 0 radical (unpaired) electrons. The molecule has 1 saturated carbocycles. The number of carbonyl (C=O) groups is 3. The summed E-state index contributed by atoms with van der Waals surface area (Å²) in [5, 5.41) is 18.0. The minimum Gasteiger partial charge on any atom is -0.481 e. The van der Waals surface area contributed by atoms with Gasteiger partial charge in [0, 0.05) is 13.1 Å². The molecular weight excluding hydrogens is 226 g/mol. The lowest BCUT2D eigenvalue weighted by molar-refractivity contribution is -0.158. The summed E-state index contributed by atoms with van der Waals surface area (Å²) in [6, 6.07) is 0. The fourth-order valence-electron chi connectivity index (χ4n) is 2.50. The number of likely N-dealkylation sites (tertiary alicyclic amines) is 1. The number of nitrogens with zero attached hydrogens (tertiary/aromatic N) is 1. The lowest BCUT2D eigenvalue weighted by Crippen LogP contribution is -2.45. The molecule has 0 bridgehead atoms. The van der Waals surface area contributed by atoms with Crippen molar-refractivity contribution in [2.45, 2.75) is 25.7 Å². The fraction of sp³-hybridized carbons (Fsp3) is 0.727.